The van der Waals surface area contributed by atoms with Gasteiger partial charge in [0.2, 0.25) is 5.91 Å². The lowest BCUT2D eigenvalue weighted by Gasteiger charge is -2.13. The number of aromatic nitrogens is 1. The molecule has 4 nitrogen and oxygen atoms in total. The molecular formula is C9H6Cl2N2O2. The van der Waals surface area contributed by atoms with Crippen molar-refractivity contribution in [2.45, 2.75) is 6.42 Å². The van der Waals surface area contributed by atoms with Crippen molar-refractivity contribution in [1.82, 2.24) is 4.98 Å². The van der Waals surface area contributed by atoms with Crippen LogP contribution in [0.5, 0.6) is 0 Å². The van der Waals surface area contributed by atoms with Crippen LogP contribution in [-0.2, 0) is 9.59 Å². The van der Waals surface area contributed by atoms with E-state index in [0.29, 0.717) is 10.8 Å². The Balaban J connectivity index is 2.37. The van der Waals surface area contributed by atoms with Gasteiger partial charge in [0.25, 0.3) is 0 Å². The number of pyridine rings is 1. The number of nitrogens with zero attached hydrogens (tertiary/aromatic N) is 2. The van der Waals surface area contributed by atoms with E-state index in [1.807, 2.05) is 0 Å². The largest absolute Gasteiger partial charge is 0.297 e. The number of hydrogen-bond acceptors (Lipinski definition) is 3. The van der Waals surface area contributed by atoms with Crippen molar-refractivity contribution in [2.24, 2.45) is 0 Å². The quantitative estimate of drug-likeness (QED) is 0.558. The van der Waals surface area contributed by atoms with E-state index in [0.717, 1.165) is 0 Å². The van der Waals surface area contributed by atoms with Gasteiger partial charge in [-0.15, -0.1) is 0 Å². The highest BCUT2D eigenvalue weighted by molar-refractivity contribution is 6.34. The van der Waals surface area contributed by atoms with Crippen molar-refractivity contribution in [3.05, 3.63) is 22.3 Å². The van der Waals surface area contributed by atoms with E-state index < -0.39 is 0 Å². The first-order valence-electron chi connectivity index (χ1n) is 4.21. The van der Waals surface area contributed by atoms with Crippen LogP contribution in [0.25, 0.3) is 0 Å². The van der Waals surface area contributed by atoms with Crippen LogP contribution in [0, 0.1) is 0 Å². The maximum atomic E-state index is 11.4. The second-order valence-electron chi connectivity index (χ2n) is 3.16. The third kappa shape index (κ3) is 2.11. The third-order valence-corrected chi connectivity index (χ3v) is 2.42. The minimum Gasteiger partial charge on any atom is -0.297 e. The van der Waals surface area contributed by atoms with Gasteiger partial charge in [0.05, 0.1) is 13.0 Å². The van der Waals surface area contributed by atoms with Gasteiger partial charge in [-0.2, -0.15) is 0 Å². The minimum absolute atomic E-state index is 0.0442. The molecule has 1 fully saturated rings. The van der Waals surface area contributed by atoms with Crippen molar-refractivity contribution in [1.29, 1.82) is 0 Å². The summed E-state index contributed by atoms with van der Waals surface area (Å²) < 4.78 is 0. The number of anilines is 1. The van der Waals surface area contributed by atoms with Gasteiger partial charge in [-0.25, -0.2) is 4.98 Å². The summed E-state index contributed by atoms with van der Waals surface area (Å²) in [5.74, 6) is -0.0768. The van der Waals surface area contributed by atoms with Crippen molar-refractivity contribution in [3.63, 3.8) is 0 Å². The molecule has 1 aliphatic heterocycles. The fraction of sp³-hybridized carbons (Fsp3) is 0.222. The zero-order valence-electron chi connectivity index (χ0n) is 7.54. The van der Waals surface area contributed by atoms with Gasteiger partial charge < -0.3 is 0 Å². The van der Waals surface area contributed by atoms with Crippen molar-refractivity contribution in [3.8, 4) is 0 Å². The number of ketones is 1. The van der Waals surface area contributed by atoms with E-state index >= 15 is 0 Å². The summed E-state index contributed by atoms with van der Waals surface area (Å²) in [7, 11) is 0. The Hall–Kier alpha value is -1.13. The highest BCUT2D eigenvalue weighted by Gasteiger charge is 2.29. The zero-order chi connectivity index (χ0) is 11.0. The summed E-state index contributed by atoms with van der Waals surface area (Å²) >= 11 is 11.5. The molecule has 0 N–H and O–H groups in total. The predicted molar refractivity (Wildman–Crippen MR) is 56.2 cm³/mol. The molecule has 0 atom stereocenters. The molecule has 0 aliphatic carbocycles. The molecule has 0 saturated carbocycles. The molecule has 1 saturated heterocycles. The Morgan fingerprint density at radius 2 is 2.00 bits per heavy atom. The van der Waals surface area contributed by atoms with E-state index in [1.165, 1.54) is 17.0 Å². The van der Waals surface area contributed by atoms with E-state index in [4.69, 9.17) is 23.2 Å². The molecule has 6 heteroatoms. The summed E-state index contributed by atoms with van der Waals surface area (Å²) in [6.45, 7) is 0.0442. The van der Waals surface area contributed by atoms with Crippen LogP contribution in [0.4, 0.5) is 5.82 Å². The minimum atomic E-state index is -0.272. The number of amides is 1. The molecule has 0 aromatic carbocycles. The average molecular weight is 245 g/mol. The van der Waals surface area contributed by atoms with Crippen molar-refractivity contribution < 1.29 is 9.59 Å². The van der Waals surface area contributed by atoms with Crippen molar-refractivity contribution in [2.75, 3.05) is 11.4 Å². The third-order valence-electron chi connectivity index (χ3n) is 2.01. The molecule has 15 heavy (non-hydrogen) atoms. The molecule has 1 aromatic heterocycles. The summed E-state index contributed by atoms with van der Waals surface area (Å²) in [6.07, 6.45) is -0.0776. The van der Waals surface area contributed by atoms with Gasteiger partial charge in [0, 0.05) is 5.02 Å². The fourth-order valence-electron chi connectivity index (χ4n) is 1.38. The fourth-order valence-corrected chi connectivity index (χ4v) is 1.85. The zero-order valence-corrected chi connectivity index (χ0v) is 9.05. The summed E-state index contributed by atoms with van der Waals surface area (Å²) in [5.41, 5.74) is 0. The van der Waals surface area contributed by atoms with Gasteiger partial charge in [-0.1, -0.05) is 23.2 Å². The SMILES string of the molecule is O=C1CC(=O)N(c2cc(Cl)cc(Cl)n2)C1. The number of carbonyl (C=O) groups excluding carboxylic acids is 2. The monoisotopic (exact) mass is 244 g/mol. The molecule has 0 spiro atoms. The summed E-state index contributed by atoms with van der Waals surface area (Å²) in [6, 6.07) is 2.97. The van der Waals surface area contributed by atoms with Gasteiger partial charge in [-0.05, 0) is 12.1 Å². The average Bonchev–Trinajstić information content (AvgIpc) is 2.43. The molecule has 78 valence electrons. The molecule has 2 heterocycles. The first kappa shape index (κ1) is 10.4. The second-order valence-corrected chi connectivity index (χ2v) is 3.99. The highest BCUT2D eigenvalue weighted by atomic mass is 35.5. The lowest BCUT2D eigenvalue weighted by atomic mass is 10.3. The smallest absolute Gasteiger partial charge is 0.236 e. The number of carbonyl (C=O) groups is 2. The highest BCUT2D eigenvalue weighted by Crippen LogP contribution is 2.24. The topological polar surface area (TPSA) is 50.3 Å². The number of hydrogen-bond donors (Lipinski definition) is 0. The van der Waals surface area contributed by atoms with E-state index in [-0.39, 0.29) is 29.8 Å². The number of halogens is 2. The predicted octanol–water partition coefficient (Wildman–Crippen LogP) is 1.69. The molecule has 0 radical (unpaired) electrons. The molecular weight excluding hydrogens is 239 g/mol. The van der Waals surface area contributed by atoms with Gasteiger partial charge >= 0.3 is 0 Å². The molecule has 0 bridgehead atoms. The van der Waals surface area contributed by atoms with Crippen LogP contribution in [-0.4, -0.2) is 23.2 Å². The number of rotatable bonds is 1. The Morgan fingerprint density at radius 1 is 1.27 bits per heavy atom. The Kier molecular flexibility index (Phi) is 2.63. The Labute approximate surface area is 95.8 Å². The first-order chi connectivity index (χ1) is 7.06. The van der Waals surface area contributed by atoms with Crippen LogP contribution < -0.4 is 4.90 Å². The molecule has 1 amide bonds. The summed E-state index contributed by atoms with van der Waals surface area (Å²) in [4.78, 5) is 27.7. The molecule has 1 aromatic rings. The maximum absolute atomic E-state index is 11.4. The van der Waals surface area contributed by atoms with Gasteiger partial charge in [-0.3, -0.25) is 14.5 Å². The lowest BCUT2D eigenvalue weighted by molar-refractivity contribution is -0.121. The lowest BCUT2D eigenvalue weighted by Crippen LogP contribution is -2.25. The van der Waals surface area contributed by atoms with Gasteiger partial charge in [0.1, 0.15) is 11.0 Å². The summed E-state index contributed by atoms with van der Waals surface area (Å²) in [5, 5.41) is 0.585. The van der Waals surface area contributed by atoms with Crippen LogP contribution in [0.1, 0.15) is 6.42 Å². The molecule has 0 unspecified atom stereocenters. The number of Topliss-reactive ketones (excluding diaryl/α,β-unsaturated/α-hetero) is 1. The first-order valence-corrected chi connectivity index (χ1v) is 4.97. The normalized spacial score (nSPS) is 16.3. The van der Waals surface area contributed by atoms with Crippen LogP contribution in [0.2, 0.25) is 10.2 Å². The Morgan fingerprint density at radius 3 is 2.53 bits per heavy atom. The van der Waals surface area contributed by atoms with Gasteiger partial charge in [0.15, 0.2) is 5.78 Å². The molecule has 2 rings (SSSR count). The van der Waals surface area contributed by atoms with Crippen LogP contribution in [0.15, 0.2) is 12.1 Å². The van der Waals surface area contributed by atoms with E-state index in [1.54, 1.807) is 0 Å². The molecule has 1 aliphatic rings. The Bertz CT molecular complexity index is 427. The van der Waals surface area contributed by atoms with Crippen LogP contribution >= 0.6 is 23.2 Å². The second kappa shape index (κ2) is 3.79. The van der Waals surface area contributed by atoms with Crippen LogP contribution in [0.3, 0.4) is 0 Å². The van der Waals surface area contributed by atoms with E-state index in [2.05, 4.69) is 4.98 Å². The standard InChI is InChI=1S/C9H6Cl2N2O2/c10-5-1-7(11)12-8(2-5)13-4-6(14)3-9(13)15/h1-2H,3-4H2. The van der Waals surface area contributed by atoms with Crippen molar-refractivity contribution >= 4 is 40.7 Å². The maximum Gasteiger partial charge on any atom is 0.236 e. The van der Waals surface area contributed by atoms with E-state index in [9.17, 15) is 9.59 Å².